The molecule has 1 aliphatic rings. The predicted molar refractivity (Wildman–Crippen MR) is 112 cm³/mol. The van der Waals surface area contributed by atoms with Crippen molar-refractivity contribution in [2.24, 2.45) is 0 Å². The third kappa shape index (κ3) is 4.25. The van der Waals surface area contributed by atoms with Crippen molar-refractivity contribution in [3.8, 4) is 5.75 Å². The molecule has 1 aliphatic heterocycles. The van der Waals surface area contributed by atoms with Crippen LogP contribution >= 0.6 is 11.6 Å². The van der Waals surface area contributed by atoms with E-state index >= 15 is 0 Å². The number of carbonyl (C=O) groups is 1. The van der Waals surface area contributed by atoms with E-state index in [9.17, 15) is 13.2 Å². The van der Waals surface area contributed by atoms with Crippen LogP contribution in [0.15, 0.2) is 36.4 Å². The molecule has 1 heterocycles. The molecule has 0 aromatic heterocycles. The maximum atomic E-state index is 12.7. The van der Waals surface area contributed by atoms with Crippen LogP contribution in [0.2, 0.25) is 5.02 Å². The van der Waals surface area contributed by atoms with Gasteiger partial charge in [-0.1, -0.05) is 18.5 Å². The van der Waals surface area contributed by atoms with E-state index in [1.807, 2.05) is 13.0 Å². The van der Waals surface area contributed by atoms with Gasteiger partial charge in [0.05, 0.1) is 24.1 Å². The molecule has 2 aromatic carbocycles. The van der Waals surface area contributed by atoms with Gasteiger partial charge in [0.25, 0.3) is 5.91 Å². The van der Waals surface area contributed by atoms with Crippen molar-refractivity contribution in [3.63, 3.8) is 0 Å². The van der Waals surface area contributed by atoms with Crippen molar-refractivity contribution in [1.29, 1.82) is 0 Å². The third-order valence-electron chi connectivity index (χ3n) is 4.62. The van der Waals surface area contributed by atoms with Crippen molar-refractivity contribution in [3.05, 3.63) is 52.5 Å². The summed E-state index contributed by atoms with van der Waals surface area (Å²) in [5.74, 6) is 0.210. The summed E-state index contributed by atoms with van der Waals surface area (Å²) in [6.45, 7) is 2.34. The van der Waals surface area contributed by atoms with Crippen molar-refractivity contribution in [2.75, 3.05) is 29.0 Å². The molecule has 0 unspecified atom stereocenters. The molecule has 0 atom stereocenters. The number of carbonyl (C=O) groups excluding carboxylic acids is 1. The van der Waals surface area contributed by atoms with E-state index in [-0.39, 0.29) is 11.7 Å². The fraction of sp³-hybridized carbons (Fsp3) is 0.350. The van der Waals surface area contributed by atoms with Crippen LogP contribution in [0.25, 0.3) is 0 Å². The SMILES string of the molecule is CCCS(=O)(=O)N1CCCc2cc(NC(=O)c3cc(Cl)ccc3OC)ccc21. The second-order valence-corrected chi connectivity index (χ2v) is 9.08. The Morgan fingerprint density at radius 1 is 1.25 bits per heavy atom. The van der Waals surface area contributed by atoms with Crippen LogP contribution in [-0.4, -0.2) is 33.7 Å². The fourth-order valence-corrected chi connectivity index (χ4v) is 5.15. The van der Waals surface area contributed by atoms with Crippen LogP contribution < -0.4 is 14.4 Å². The lowest BCUT2D eigenvalue weighted by molar-refractivity contribution is 0.102. The first-order valence-corrected chi connectivity index (χ1v) is 11.1. The van der Waals surface area contributed by atoms with Crippen LogP contribution in [0.4, 0.5) is 11.4 Å². The lowest BCUT2D eigenvalue weighted by Gasteiger charge is -2.30. The van der Waals surface area contributed by atoms with Gasteiger partial charge in [0, 0.05) is 17.3 Å². The molecule has 0 bridgehead atoms. The number of benzene rings is 2. The second-order valence-electron chi connectivity index (χ2n) is 6.63. The lowest BCUT2D eigenvalue weighted by Crippen LogP contribution is -2.37. The topological polar surface area (TPSA) is 75.7 Å². The Balaban J connectivity index is 1.86. The minimum Gasteiger partial charge on any atom is -0.496 e. The number of nitrogens with zero attached hydrogens (tertiary/aromatic N) is 1. The number of rotatable bonds is 6. The predicted octanol–water partition coefficient (Wildman–Crippen LogP) is 4.09. The van der Waals surface area contributed by atoms with Crippen LogP contribution in [0.1, 0.15) is 35.7 Å². The number of aryl methyl sites for hydroxylation is 1. The van der Waals surface area contributed by atoms with Crippen LogP contribution in [0.5, 0.6) is 5.75 Å². The summed E-state index contributed by atoms with van der Waals surface area (Å²) in [4.78, 5) is 12.7. The van der Waals surface area contributed by atoms with E-state index in [1.54, 1.807) is 30.3 Å². The van der Waals surface area contributed by atoms with Gasteiger partial charge in [-0.3, -0.25) is 9.10 Å². The van der Waals surface area contributed by atoms with Crippen LogP contribution in [-0.2, 0) is 16.4 Å². The highest BCUT2D eigenvalue weighted by molar-refractivity contribution is 7.92. The summed E-state index contributed by atoms with van der Waals surface area (Å²) >= 11 is 6.00. The van der Waals surface area contributed by atoms with Crippen molar-refractivity contribution >= 4 is 38.9 Å². The molecule has 8 heteroatoms. The Bertz CT molecular complexity index is 992. The maximum absolute atomic E-state index is 12.7. The molecule has 0 aliphatic carbocycles. The number of nitrogens with one attached hydrogen (secondary N) is 1. The van der Waals surface area contributed by atoms with E-state index < -0.39 is 10.0 Å². The molecule has 0 saturated carbocycles. The Kier molecular flexibility index (Phi) is 6.15. The molecular formula is C20H23ClN2O4S. The molecule has 2 aromatic rings. The van der Waals surface area contributed by atoms with Gasteiger partial charge in [-0.25, -0.2) is 8.42 Å². The molecule has 150 valence electrons. The molecule has 6 nitrogen and oxygen atoms in total. The molecular weight excluding hydrogens is 400 g/mol. The van der Waals surface area contributed by atoms with Gasteiger partial charge in [-0.15, -0.1) is 0 Å². The summed E-state index contributed by atoms with van der Waals surface area (Å²) < 4.78 is 31.8. The molecule has 0 spiro atoms. The largest absolute Gasteiger partial charge is 0.496 e. The first-order chi connectivity index (χ1) is 13.4. The molecule has 1 amide bonds. The van der Waals surface area contributed by atoms with Gasteiger partial charge in [-0.2, -0.15) is 0 Å². The zero-order chi connectivity index (χ0) is 20.3. The van der Waals surface area contributed by atoms with Crippen molar-refractivity contribution < 1.29 is 17.9 Å². The van der Waals surface area contributed by atoms with Crippen molar-refractivity contribution in [2.45, 2.75) is 26.2 Å². The number of amides is 1. The number of sulfonamides is 1. The fourth-order valence-electron chi connectivity index (χ4n) is 3.35. The average molecular weight is 423 g/mol. The van der Waals surface area contributed by atoms with Gasteiger partial charge < -0.3 is 10.1 Å². The standard InChI is InChI=1S/C20H23ClN2O4S/c1-3-11-28(25,26)23-10-4-5-14-12-16(7-8-18(14)23)22-20(24)17-13-15(21)6-9-19(17)27-2/h6-9,12-13H,3-5,10-11H2,1-2H3,(H,22,24). The molecule has 1 N–H and O–H groups in total. The summed E-state index contributed by atoms with van der Waals surface area (Å²) in [6.07, 6.45) is 2.08. The number of ether oxygens (including phenoxy) is 1. The average Bonchev–Trinajstić information content (AvgIpc) is 2.67. The first kappa shape index (κ1) is 20.5. The third-order valence-corrected chi connectivity index (χ3v) is 6.83. The number of hydrogen-bond donors (Lipinski definition) is 1. The van der Waals surface area contributed by atoms with Crippen LogP contribution in [0.3, 0.4) is 0 Å². The maximum Gasteiger partial charge on any atom is 0.259 e. The van der Waals surface area contributed by atoms with Crippen LogP contribution in [0, 0.1) is 0 Å². The highest BCUT2D eigenvalue weighted by atomic mass is 35.5. The number of hydrogen-bond acceptors (Lipinski definition) is 4. The number of halogens is 1. The van der Waals surface area contributed by atoms with Gasteiger partial charge in [0.15, 0.2) is 0 Å². The van der Waals surface area contributed by atoms with E-state index in [0.717, 1.165) is 18.4 Å². The zero-order valence-corrected chi connectivity index (χ0v) is 17.4. The number of methoxy groups -OCH3 is 1. The summed E-state index contributed by atoms with van der Waals surface area (Å²) in [5.41, 5.74) is 2.53. The van der Waals surface area contributed by atoms with E-state index in [1.165, 1.54) is 11.4 Å². The summed E-state index contributed by atoms with van der Waals surface area (Å²) in [7, 11) is -1.83. The van der Waals surface area contributed by atoms with Gasteiger partial charge in [0.1, 0.15) is 5.75 Å². The summed E-state index contributed by atoms with van der Waals surface area (Å²) in [6, 6.07) is 10.1. The van der Waals surface area contributed by atoms with Gasteiger partial charge in [-0.05, 0) is 61.2 Å². The van der Waals surface area contributed by atoms with Gasteiger partial charge in [0.2, 0.25) is 10.0 Å². The minimum atomic E-state index is -3.32. The van der Waals surface area contributed by atoms with Gasteiger partial charge >= 0.3 is 0 Å². The number of fused-ring (bicyclic) bond motifs is 1. The zero-order valence-electron chi connectivity index (χ0n) is 15.9. The molecule has 3 rings (SSSR count). The van der Waals surface area contributed by atoms with Crippen molar-refractivity contribution in [1.82, 2.24) is 0 Å². The Labute approximate surface area is 170 Å². The van der Waals surface area contributed by atoms with E-state index in [4.69, 9.17) is 16.3 Å². The smallest absolute Gasteiger partial charge is 0.259 e. The first-order valence-electron chi connectivity index (χ1n) is 9.14. The minimum absolute atomic E-state index is 0.124. The monoisotopic (exact) mass is 422 g/mol. The van der Waals surface area contributed by atoms with E-state index in [0.29, 0.717) is 40.7 Å². The molecule has 0 radical (unpaired) electrons. The Hall–Kier alpha value is -2.25. The lowest BCUT2D eigenvalue weighted by atomic mass is 10.0. The molecule has 0 fully saturated rings. The quantitative estimate of drug-likeness (QED) is 0.760. The molecule has 0 saturated heterocycles. The highest BCUT2D eigenvalue weighted by Gasteiger charge is 2.27. The highest BCUT2D eigenvalue weighted by Crippen LogP contribution is 2.32. The number of anilines is 2. The Morgan fingerprint density at radius 2 is 2.04 bits per heavy atom. The van der Waals surface area contributed by atoms with E-state index in [2.05, 4.69) is 5.32 Å². The molecule has 28 heavy (non-hydrogen) atoms. The normalized spacial score (nSPS) is 13.8. The Morgan fingerprint density at radius 3 is 2.75 bits per heavy atom. The second kappa shape index (κ2) is 8.41. The summed E-state index contributed by atoms with van der Waals surface area (Å²) in [5, 5.41) is 3.28.